The highest BCUT2D eigenvalue weighted by Gasteiger charge is 2.23. The molecule has 0 aliphatic carbocycles. The molecule has 29 heavy (non-hydrogen) atoms. The van der Waals surface area contributed by atoms with Gasteiger partial charge in [0.2, 0.25) is 0 Å². The van der Waals surface area contributed by atoms with Crippen LogP contribution in [-0.4, -0.2) is 51.8 Å². The predicted molar refractivity (Wildman–Crippen MR) is 115 cm³/mol. The molecule has 0 saturated carbocycles. The molecule has 0 spiro atoms. The predicted octanol–water partition coefficient (Wildman–Crippen LogP) is 2.69. The van der Waals surface area contributed by atoms with Gasteiger partial charge in [0.05, 0.1) is 31.1 Å². The molecule has 3 aromatic rings. The van der Waals surface area contributed by atoms with Crippen LogP contribution in [0.15, 0.2) is 36.8 Å². The van der Waals surface area contributed by atoms with Crippen molar-refractivity contribution in [2.75, 3.05) is 24.7 Å². The second kappa shape index (κ2) is 8.00. The number of fused-ring (bicyclic) bond motifs is 1. The Kier molecular flexibility index (Phi) is 5.26. The van der Waals surface area contributed by atoms with E-state index in [2.05, 4.69) is 34.9 Å². The molecule has 8 nitrogen and oxygen atoms in total. The molecular formula is C21H25N7O. The van der Waals surface area contributed by atoms with Crippen LogP contribution in [0.3, 0.4) is 0 Å². The van der Waals surface area contributed by atoms with Gasteiger partial charge >= 0.3 is 0 Å². The van der Waals surface area contributed by atoms with Gasteiger partial charge in [-0.15, -0.1) is 0 Å². The third-order valence-electron chi connectivity index (χ3n) is 5.18. The van der Waals surface area contributed by atoms with Crippen LogP contribution in [0, 0.1) is 5.41 Å². The maximum absolute atomic E-state index is 7.36. The first kappa shape index (κ1) is 19.1. The summed E-state index contributed by atoms with van der Waals surface area (Å²) in [4.78, 5) is 11.7. The van der Waals surface area contributed by atoms with Crippen LogP contribution in [-0.2, 0) is 11.3 Å². The second-order valence-corrected chi connectivity index (χ2v) is 7.07. The van der Waals surface area contributed by atoms with Crippen LogP contribution in [0.4, 0.5) is 5.82 Å². The molecule has 1 aliphatic rings. The molecule has 1 atom stereocenters. The Bertz CT molecular complexity index is 1070. The first-order valence-corrected chi connectivity index (χ1v) is 9.76. The van der Waals surface area contributed by atoms with Crippen molar-refractivity contribution in [3.8, 4) is 11.1 Å². The van der Waals surface area contributed by atoms with Crippen LogP contribution in [0.5, 0.6) is 0 Å². The Balaban J connectivity index is 1.97. The molecule has 8 heteroatoms. The fourth-order valence-electron chi connectivity index (χ4n) is 3.65. The summed E-state index contributed by atoms with van der Waals surface area (Å²) in [6, 6.07) is 4.28. The van der Waals surface area contributed by atoms with Crippen LogP contribution >= 0.6 is 0 Å². The number of hydrogen-bond acceptors (Lipinski definition) is 7. The van der Waals surface area contributed by atoms with Gasteiger partial charge in [-0.25, -0.2) is 4.98 Å². The minimum absolute atomic E-state index is 0.217. The first-order chi connectivity index (χ1) is 14.1. The monoisotopic (exact) mass is 391 g/mol. The van der Waals surface area contributed by atoms with Gasteiger partial charge in [-0.1, -0.05) is 0 Å². The number of nitrogens with zero attached hydrogens (tertiary/aromatic N) is 5. The van der Waals surface area contributed by atoms with Crippen molar-refractivity contribution in [2.24, 2.45) is 5.73 Å². The maximum Gasteiger partial charge on any atom is 0.130 e. The lowest BCUT2D eigenvalue weighted by Gasteiger charge is -2.34. The molecular weight excluding hydrogens is 366 g/mol. The Morgan fingerprint density at radius 3 is 3.03 bits per heavy atom. The number of allylic oxidation sites excluding steroid dienone is 1. The van der Waals surface area contributed by atoms with Crippen molar-refractivity contribution < 1.29 is 4.74 Å². The van der Waals surface area contributed by atoms with Crippen molar-refractivity contribution in [3.63, 3.8) is 0 Å². The molecule has 150 valence electrons. The minimum Gasteiger partial charge on any atom is -0.397 e. The molecule has 0 bridgehead atoms. The molecule has 3 N–H and O–H groups in total. The van der Waals surface area contributed by atoms with Gasteiger partial charge < -0.3 is 20.8 Å². The summed E-state index contributed by atoms with van der Waals surface area (Å²) in [6.07, 6.45) is 8.34. The summed E-state index contributed by atoms with van der Waals surface area (Å²) in [5, 5.41) is 12.8. The molecule has 4 heterocycles. The molecule has 4 rings (SSSR count). The van der Waals surface area contributed by atoms with Crippen molar-refractivity contribution in [2.45, 2.75) is 26.4 Å². The SMILES string of the molecule is CCn1cc(-c2cc(N3CCOCC3C)nc3c(/C(N)=C/C=N)nccc23)cn1. The molecule has 1 unspecified atom stereocenters. The van der Waals surface area contributed by atoms with Crippen LogP contribution < -0.4 is 10.6 Å². The Morgan fingerprint density at radius 2 is 2.31 bits per heavy atom. The van der Waals surface area contributed by atoms with Crippen molar-refractivity contribution in [1.82, 2.24) is 19.7 Å². The van der Waals surface area contributed by atoms with Crippen LogP contribution in [0.2, 0.25) is 0 Å². The number of nitrogens with two attached hydrogens (primary N) is 1. The van der Waals surface area contributed by atoms with Gasteiger partial charge in [0.15, 0.2) is 0 Å². The average molecular weight is 391 g/mol. The van der Waals surface area contributed by atoms with E-state index in [1.165, 1.54) is 6.08 Å². The van der Waals surface area contributed by atoms with E-state index in [0.29, 0.717) is 24.6 Å². The number of pyridine rings is 2. The van der Waals surface area contributed by atoms with Gasteiger partial charge in [-0.2, -0.15) is 5.10 Å². The Labute approximate surface area is 169 Å². The van der Waals surface area contributed by atoms with Gasteiger partial charge in [-0.05, 0) is 37.6 Å². The van der Waals surface area contributed by atoms with Gasteiger partial charge in [-0.3, -0.25) is 9.67 Å². The molecule has 3 aromatic heterocycles. The third kappa shape index (κ3) is 3.58. The van der Waals surface area contributed by atoms with Gasteiger partial charge in [0.1, 0.15) is 17.0 Å². The first-order valence-electron chi connectivity index (χ1n) is 9.76. The average Bonchev–Trinajstić information content (AvgIpc) is 3.22. The fraction of sp³-hybridized carbons (Fsp3) is 0.333. The lowest BCUT2D eigenvalue weighted by Crippen LogP contribution is -2.44. The third-order valence-corrected chi connectivity index (χ3v) is 5.18. The molecule has 0 aromatic carbocycles. The highest BCUT2D eigenvalue weighted by Crippen LogP contribution is 2.34. The highest BCUT2D eigenvalue weighted by molar-refractivity contribution is 6.01. The summed E-state index contributed by atoms with van der Waals surface area (Å²) in [6.45, 7) is 7.11. The van der Waals surface area contributed by atoms with E-state index >= 15 is 0 Å². The van der Waals surface area contributed by atoms with E-state index in [9.17, 15) is 0 Å². The van der Waals surface area contributed by atoms with Gasteiger partial charge in [0.25, 0.3) is 0 Å². The number of nitrogens with one attached hydrogen (secondary N) is 1. The maximum atomic E-state index is 7.36. The van der Waals surface area contributed by atoms with E-state index in [1.54, 1.807) is 6.20 Å². The molecule has 0 radical (unpaired) electrons. The van der Waals surface area contributed by atoms with E-state index in [1.807, 2.05) is 23.1 Å². The summed E-state index contributed by atoms with van der Waals surface area (Å²) in [7, 11) is 0. The summed E-state index contributed by atoms with van der Waals surface area (Å²) in [5.74, 6) is 0.865. The standard InChI is InChI=1S/C21H25N7O/c1-3-27-12-15(11-25-27)17-10-19(28-8-9-29-13-14(28)2)26-20-16(17)5-7-24-21(20)18(23)4-6-22/h4-7,10-12,14,22H,3,8-9,13,23H2,1-2H3/b18-4-,22-6?. The van der Waals surface area contributed by atoms with Crippen molar-refractivity contribution in [3.05, 3.63) is 42.5 Å². The van der Waals surface area contributed by atoms with E-state index in [-0.39, 0.29) is 6.04 Å². The van der Waals surface area contributed by atoms with E-state index in [4.69, 9.17) is 20.9 Å². The van der Waals surface area contributed by atoms with Crippen LogP contribution in [0.1, 0.15) is 19.5 Å². The van der Waals surface area contributed by atoms with Crippen LogP contribution in [0.25, 0.3) is 27.7 Å². The smallest absolute Gasteiger partial charge is 0.130 e. The van der Waals surface area contributed by atoms with Crippen molar-refractivity contribution in [1.29, 1.82) is 5.41 Å². The molecule has 1 aliphatic heterocycles. The number of anilines is 1. The molecule has 1 fully saturated rings. The van der Waals surface area contributed by atoms with E-state index in [0.717, 1.165) is 47.2 Å². The zero-order valence-electron chi connectivity index (χ0n) is 16.7. The quantitative estimate of drug-likeness (QED) is 0.648. The molecule has 1 saturated heterocycles. The number of aryl methyl sites for hydroxylation is 1. The fourth-order valence-corrected chi connectivity index (χ4v) is 3.65. The zero-order chi connectivity index (χ0) is 20.4. The van der Waals surface area contributed by atoms with E-state index < -0.39 is 0 Å². The topological polar surface area (TPSA) is 106 Å². The highest BCUT2D eigenvalue weighted by atomic mass is 16.5. The molecule has 0 amide bonds. The number of ether oxygens (including phenoxy) is 1. The lowest BCUT2D eigenvalue weighted by molar-refractivity contribution is 0.0986. The summed E-state index contributed by atoms with van der Waals surface area (Å²) in [5.41, 5.74) is 9.98. The summed E-state index contributed by atoms with van der Waals surface area (Å²) < 4.78 is 7.51. The number of aromatic nitrogens is 4. The largest absolute Gasteiger partial charge is 0.397 e. The number of morpholine rings is 1. The lowest BCUT2D eigenvalue weighted by atomic mass is 10.0. The number of rotatable bonds is 5. The summed E-state index contributed by atoms with van der Waals surface area (Å²) >= 11 is 0. The van der Waals surface area contributed by atoms with Gasteiger partial charge in [0, 0.05) is 42.6 Å². The van der Waals surface area contributed by atoms with Crippen molar-refractivity contribution >= 4 is 28.6 Å². The Hall–Kier alpha value is -3.26. The number of hydrogen-bond donors (Lipinski definition) is 2. The zero-order valence-corrected chi connectivity index (χ0v) is 16.7. The normalized spacial score (nSPS) is 17.7. The minimum atomic E-state index is 0.217. The second-order valence-electron chi connectivity index (χ2n) is 7.07. The Morgan fingerprint density at radius 1 is 1.45 bits per heavy atom.